The predicted octanol–water partition coefficient (Wildman–Crippen LogP) is 4.06. The van der Waals surface area contributed by atoms with Crippen LogP contribution in [0.25, 0.3) is 0 Å². The zero-order valence-corrected chi connectivity index (χ0v) is 11.4. The number of rotatable bonds is 4. The highest BCUT2D eigenvalue weighted by Crippen LogP contribution is 2.36. The summed E-state index contributed by atoms with van der Waals surface area (Å²) in [6, 6.07) is 12.7. The number of hydrogen-bond donors (Lipinski definition) is 0. The summed E-state index contributed by atoms with van der Waals surface area (Å²) in [7, 11) is 1.49. The Balaban J connectivity index is 2.33. The van der Waals surface area contributed by atoms with Crippen molar-refractivity contribution < 1.29 is 9.66 Å². The van der Waals surface area contributed by atoms with Gasteiger partial charge in [-0.2, -0.15) is 0 Å². The summed E-state index contributed by atoms with van der Waals surface area (Å²) in [5, 5.41) is 11.1. The molecule has 0 atom stereocenters. The highest BCUT2D eigenvalue weighted by atomic mass is 32.2. The molecule has 5 heteroatoms. The van der Waals surface area contributed by atoms with Crippen LogP contribution in [0.1, 0.15) is 5.56 Å². The zero-order valence-electron chi connectivity index (χ0n) is 10.6. The lowest BCUT2D eigenvalue weighted by atomic mass is 10.2. The largest absolute Gasteiger partial charge is 0.497 e. The summed E-state index contributed by atoms with van der Waals surface area (Å²) in [6.45, 7) is 2.00. The molecule has 2 rings (SSSR count). The Bertz CT molecular complexity index is 596. The van der Waals surface area contributed by atoms with Gasteiger partial charge in [0.2, 0.25) is 0 Å². The van der Waals surface area contributed by atoms with Crippen LogP contribution in [0.5, 0.6) is 5.75 Å². The zero-order chi connectivity index (χ0) is 13.8. The molecule has 0 aliphatic rings. The summed E-state index contributed by atoms with van der Waals surface area (Å²) >= 11 is 1.37. The minimum absolute atomic E-state index is 0.0601. The van der Waals surface area contributed by atoms with Crippen molar-refractivity contribution in [3.63, 3.8) is 0 Å². The van der Waals surface area contributed by atoms with Crippen LogP contribution in [0.3, 0.4) is 0 Å². The standard InChI is InChI=1S/C14H13NO3S/c1-10-3-6-12(7-4-10)19-14-8-5-11(18-2)9-13(14)15(16)17/h3-9H,1-2H3. The van der Waals surface area contributed by atoms with Crippen LogP contribution in [0.15, 0.2) is 52.3 Å². The Morgan fingerprint density at radius 3 is 2.42 bits per heavy atom. The second-order valence-electron chi connectivity index (χ2n) is 4.01. The first-order valence-electron chi connectivity index (χ1n) is 5.67. The predicted molar refractivity (Wildman–Crippen MR) is 75.0 cm³/mol. The average Bonchev–Trinajstić information content (AvgIpc) is 2.41. The van der Waals surface area contributed by atoms with Gasteiger partial charge in [-0.15, -0.1) is 0 Å². The lowest BCUT2D eigenvalue weighted by Crippen LogP contribution is -1.92. The SMILES string of the molecule is COc1ccc(Sc2ccc(C)cc2)c([N+](=O)[O-])c1. The fourth-order valence-electron chi connectivity index (χ4n) is 1.59. The first-order valence-corrected chi connectivity index (χ1v) is 6.49. The van der Waals surface area contributed by atoms with Crippen molar-refractivity contribution in [1.29, 1.82) is 0 Å². The Labute approximate surface area is 115 Å². The van der Waals surface area contributed by atoms with Gasteiger partial charge in [0.25, 0.3) is 5.69 Å². The van der Waals surface area contributed by atoms with Crippen LogP contribution in [0.4, 0.5) is 5.69 Å². The molecule has 0 aromatic heterocycles. The van der Waals surface area contributed by atoms with E-state index >= 15 is 0 Å². The van der Waals surface area contributed by atoms with E-state index in [4.69, 9.17) is 4.74 Å². The smallest absolute Gasteiger partial charge is 0.286 e. The molecule has 0 amide bonds. The number of nitro groups is 1. The van der Waals surface area contributed by atoms with Gasteiger partial charge in [0.1, 0.15) is 5.75 Å². The molecule has 0 N–H and O–H groups in total. The van der Waals surface area contributed by atoms with Crippen LogP contribution in [0, 0.1) is 17.0 Å². The van der Waals surface area contributed by atoms with Crippen molar-refractivity contribution in [2.24, 2.45) is 0 Å². The van der Waals surface area contributed by atoms with Crippen LogP contribution < -0.4 is 4.74 Å². The van der Waals surface area contributed by atoms with Gasteiger partial charge >= 0.3 is 0 Å². The van der Waals surface area contributed by atoms with E-state index in [1.54, 1.807) is 12.1 Å². The molecular weight excluding hydrogens is 262 g/mol. The summed E-state index contributed by atoms with van der Waals surface area (Å²) < 4.78 is 5.01. The molecule has 0 heterocycles. The van der Waals surface area contributed by atoms with E-state index in [1.807, 2.05) is 31.2 Å². The van der Waals surface area contributed by atoms with Crippen LogP contribution in [-0.2, 0) is 0 Å². The Hall–Kier alpha value is -2.01. The molecule has 2 aromatic carbocycles. The first kappa shape index (κ1) is 13.4. The summed E-state index contributed by atoms with van der Waals surface area (Å²) in [5.74, 6) is 0.486. The fraction of sp³-hybridized carbons (Fsp3) is 0.143. The normalized spacial score (nSPS) is 10.2. The molecule has 0 radical (unpaired) electrons. The van der Waals surface area contributed by atoms with E-state index in [0.717, 1.165) is 10.5 Å². The number of aryl methyl sites for hydroxylation is 1. The topological polar surface area (TPSA) is 52.4 Å². The molecular formula is C14H13NO3S. The molecule has 0 bridgehead atoms. The number of hydrogen-bond acceptors (Lipinski definition) is 4. The second kappa shape index (κ2) is 5.75. The van der Waals surface area contributed by atoms with Gasteiger partial charge in [0.05, 0.1) is 23.0 Å². The monoisotopic (exact) mass is 275 g/mol. The molecule has 4 nitrogen and oxygen atoms in total. The Morgan fingerprint density at radius 1 is 1.16 bits per heavy atom. The van der Waals surface area contributed by atoms with Crippen LogP contribution in [-0.4, -0.2) is 12.0 Å². The molecule has 0 saturated carbocycles. The van der Waals surface area contributed by atoms with Crippen molar-refractivity contribution in [2.75, 3.05) is 7.11 Å². The number of benzene rings is 2. The highest BCUT2D eigenvalue weighted by molar-refractivity contribution is 7.99. The molecule has 19 heavy (non-hydrogen) atoms. The molecule has 0 fully saturated rings. The third-order valence-corrected chi connectivity index (χ3v) is 3.68. The van der Waals surface area contributed by atoms with Crippen molar-refractivity contribution in [3.8, 4) is 5.75 Å². The number of methoxy groups -OCH3 is 1. The van der Waals surface area contributed by atoms with Crippen molar-refractivity contribution in [1.82, 2.24) is 0 Å². The van der Waals surface area contributed by atoms with Crippen molar-refractivity contribution >= 4 is 17.4 Å². The highest BCUT2D eigenvalue weighted by Gasteiger charge is 2.16. The van der Waals surface area contributed by atoms with E-state index in [-0.39, 0.29) is 10.6 Å². The second-order valence-corrected chi connectivity index (χ2v) is 5.12. The Morgan fingerprint density at radius 2 is 1.84 bits per heavy atom. The lowest BCUT2D eigenvalue weighted by Gasteiger charge is -2.05. The van der Waals surface area contributed by atoms with Crippen molar-refractivity contribution in [2.45, 2.75) is 16.7 Å². The van der Waals surface area contributed by atoms with E-state index in [9.17, 15) is 10.1 Å². The van der Waals surface area contributed by atoms with Gasteiger partial charge in [-0.3, -0.25) is 10.1 Å². The van der Waals surface area contributed by atoms with Gasteiger partial charge < -0.3 is 4.74 Å². The van der Waals surface area contributed by atoms with Crippen molar-refractivity contribution in [3.05, 3.63) is 58.1 Å². The van der Waals surface area contributed by atoms with Gasteiger partial charge in [0.15, 0.2) is 0 Å². The minimum Gasteiger partial charge on any atom is -0.497 e. The van der Waals surface area contributed by atoms with Gasteiger partial charge in [-0.05, 0) is 31.2 Å². The number of nitro benzene ring substituents is 1. The Kier molecular flexibility index (Phi) is 4.06. The fourth-order valence-corrected chi connectivity index (χ4v) is 2.49. The number of nitrogens with zero attached hydrogens (tertiary/aromatic N) is 1. The molecule has 0 aliphatic carbocycles. The van der Waals surface area contributed by atoms with E-state index in [0.29, 0.717) is 10.6 Å². The maximum Gasteiger partial charge on any atom is 0.286 e. The molecule has 98 valence electrons. The maximum atomic E-state index is 11.1. The summed E-state index contributed by atoms with van der Waals surface area (Å²) in [4.78, 5) is 12.3. The molecule has 0 aliphatic heterocycles. The first-order chi connectivity index (χ1) is 9.10. The lowest BCUT2D eigenvalue weighted by molar-refractivity contribution is -0.387. The summed E-state index contributed by atoms with van der Waals surface area (Å²) in [5.41, 5.74) is 1.22. The molecule has 0 spiro atoms. The maximum absolute atomic E-state index is 11.1. The van der Waals surface area contributed by atoms with E-state index < -0.39 is 0 Å². The quantitative estimate of drug-likeness (QED) is 0.623. The van der Waals surface area contributed by atoms with E-state index in [1.165, 1.54) is 24.9 Å². The minimum atomic E-state index is -0.390. The van der Waals surface area contributed by atoms with Crippen LogP contribution in [0.2, 0.25) is 0 Å². The van der Waals surface area contributed by atoms with Crippen LogP contribution >= 0.6 is 11.8 Å². The third kappa shape index (κ3) is 3.26. The third-order valence-electron chi connectivity index (χ3n) is 2.61. The average molecular weight is 275 g/mol. The molecule has 0 saturated heterocycles. The molecule has 0 unspecified atom stereocenters. The van der Waals surface area contributed by atoms with Gasteiger partial charge in [0, 0.05) is 4.90 Å². The van der Waals surface area contributed by atoms with E-state index in [2.05, 4.69) is 0 Å². The number of ether oxygens (including phenoxy) is 1. The van der Waals surface area contributed by atoms with Gasteiger partial charge in [-0.25, -0.2) is 0 Å². The molecule has 2 aromatic rings. The van der Waals surface area contributed by atoms with Gasteiger partial charge in [-0.1, -0.05) is 29.5 Å². The summed E-state index contributed by atoms with van der Waals surface area (Å²) in [6.07, 6.45) is 0.